The molecule has 0 aromatic heterocycles. The van der Waals surface area contributed by atoms with Gasteiger partial charge in [-0.05, 0) is 44.4 Å². The van der Waals surface area contributed by atoms with Crippen LogP contribution in [0.5, 0.6) is 0 Å². The summed E-state index contributed by atoms with van der Waals surface area (Å²) in [6, 6.07) is 0.361. The van der Waals surface area contributed by atoms with Crippen molar-refractivity contribution in [2.45, 2.75) is 88.0 Å². The van der Waals surface area contributed by atoms with E-state index in [-0.39, 0.29) is 47.3 Å². The Hall–Kier alpha value is -1.71. The first-order valence-corrected chi connectivity index (χ1v) is 13.1. The highest BCUT2D eigenvalue weighted by Crippen LogP contribution is 2.45. The van der Waals surface area contributed by atoms with Gasteiger partial charge in [-0.1, -0.05) is 12.8 Å². The molecule has 4 saturated heterocycles. The summed E-state index contributed by atoms with van der Waals surface area (Å²) in [5.74, 6) is 1.19. The molecule has 3 amide bonds. The maximum atomic E-state index is 13.7. The first-order chi connectivity index (χ1) is 15.9. The average Bonchev–Trinajstić information content (AvgIpc) is 3.26. The van der Waals surface area contributed by atoms with Gasteiger partial charge in [0, 0.05) is 57.6 Å². The molecule has 9 heteroatoms. The molecule has 6 unspecified atom stereocenters. The van der Waals surface area contributed by atoms with Crippen molar-refractivity contribution in [2.75, 3.05) is 32.7 Å². The minimum atomic E-state index is -0.314. The number of nitrogens with one attached hydrogen (secondary N) is 3. The third-order valence-electron chi connectivity index (χ3n) is 9.44. The fraction of sp³-hybridized carbons (Fsp3) is 0.875. The van der Waals surface area contributed by atoms with E-state index in [1.54, 1.807) is 6.92 Å². The maximum Gasteiger partial charge on any atom is 0.242 e. The molecule has 9 nitrogen and oxygen atoms in total. The van der Waals surface area contributed by atoms with E-state index in [0.717, 1.165) is 32.2 Å². The lowest BCUT2D eigenvalue weighted by atomic mass is 9.84. The zero-order valence-electron chi connectivity index (χ0n) is 19.7. The van der Waals surface area contributed by atoms with Crippen LogP contribution in [-0.4, -0.2) is 94.9 Å². The molecule has 3 N–H and O–H groups in total. The number of carbonyl (C=O) groups is 3. The summed E-state index contributed by atoms with van der Waals surface area (Å²) in [5, 5.41) is 3.64. The van der Waals surface area contributed by atoms with Crippen molar-refractivity contribution in [2.24, 2.45) is 11.8 Å². The Morgan fingerprint density at radius 2 is 1.70 bits per heavy atom. The summed E-state index contributed by atoms with van der Waals surface area (Å²) in [6.07, 6.45) is 8.78. The van der Waals surface area contributed by atoms with E-state index in [1.165, 1.54) is 25.7 Å². The zero-order valence-corrected chi connectivity index (χ0v) is 19.7. The van der Waals surface area contributed by atoms with Crippen molar-refractivity contribution in [3.8, 4) is 0 Å². The molecule has 2 aliphatic carbocycles. The molecule has 33 heavy (non-hydrogen) atoms. The van der Waals surface area contributed by atoms with Crippen molar-refractivity contribution in [3.63, 3.8) is 0 Å². The molecule has 182 valence electrons. The summed E-state index contributed by atoms with van der Waals surface area (Å²) >= 11 is 0. The number of hydrazine groups is 1. The first-order valence-electron chi connectivity index (χ1n) is 13.1. The van der Waals surface area contributed by atoms with Gasteiger partial charge in [0.1, 0.15) is 6.04 Å². The number of rotatable bonds is 2. The van der Waals surface area contributed by atoms with E-state index < -0.39 is 0 Å². The second-order valence-corrected chi connectivity index (χ2v) is 11.4. The third kappa shape index (κ3) is 3.76. The number of fused-ring (bicyclic) bond motifs is 2. The lowest BCUT2D eigenvalue weighted by Gasteiger charge is -2.44. The Balaban J connectivity index is 1.11. The van der Waals surface area contributed by atoms with Gasteiger partial charge in [-0.15, -0.1) is 0 Å². The number of likely N-dealkylation sites (tertiary alicyclic amines) is 1. The molecule has 0 radical (unpaired) electrons. The van der Waals surface area contributed by atoms with Crippen molar-refractivity contribution in [1.82, 2.24) is 30.9 Å². The highest BCUT2D eigenvalue weighted by molar-refractivity contribution is 5.85. The van der Waals surface area contributed by atoms with Gasteiger partial charge in [0.05, 0.1) is 11.6 Å². The van der Waals surface area contributed by atoms with Gasteiger partial charge >= 0.3 is 0 Å². The maximum absolute atomic E-state index is 13.7. The molecule has 0 aromatic rings. The van der Waals surface area contributed by atoms with Crippen LogP contribution in [0.1, 0.15) is 58.3 Å². The Morgan fingerprint density at radius 1 is 0.879 bits per heavy atom. The van der Waals surface area contributed by atoms with Crippen LogP contribution < -0.4 is 16.2 Å². The fourth-order valence-electron chi connectivity index (χ4n) is 7.31. The molecule has 1 spiro atoms. The number of nitrogens with zero attached hydrogens (tertiary/aromatic N) is 3. The number of piperidine rings is 1. The second-order valence-electron chi connectivity index (χ2n) is 11.4. The Labute approximate surface area is 195 Å². The number of amides is 3. The number of hydrogen-bond donors (Lipinski definition) is 3. The van der Waals surface area contributed by atoms with E-state index in [9.17, 15) is 14.4 Å². The Morgan fingerprint density at radius 3 is 2.45 bits per heavy atom. The van der Waals surface area contributed by atoms with Crippen LogP contribution in [0.15, 0.2) is 0 Å². The van der Waals surface area contributed by atoms with E-state index >= 15 is 0 Å². The predicted octanol–water partition coefficient (Wildman–Crippen LogP) is -0.176. The lowest BCUT2D eigenvalue weighted by molar-refractivity contribution is -0.146. The van der Waals surface area contributed by atoms with Crippen molar-refractivity contribution in [1.29, 1.82) is 0 Å². The van der Waals surface area contributed by atoms with E-state index in [0.29, 0.717) is 38.1 Å². The van der Waals surface area contributed by atoms with E-state index in [1.807, 2.05) is 14.7 Å². The summed E-state index contributed by atoms with van der Waals surface area (Å²) in [5.41, 5.74) is 6.48. The monoisotopic (exact) mass is 458 g/mol. The van der Waals surface area contributed by atoms with Crippen molar-refractivity contribution in [3.05, 3.63) is 0 Å². The zero-order chi connectivity index (χ0) is 22.7. The van der Waals surface area contributed by atoms with Crippen LogP contribution in [0.4, 0.5) is 0 Å². The minimum absolute atomic E-state index is 0.0551. The Kier molecular flexibility index (Phi) is 5.42. The van der Waals surface area contributed by atoms with Crippen LogP contribution in [0.2, 0.25) is 0 Å². The van der Waals surface area contributed by atoms with Crippen molar-refractivity contribution < 1.29 is 14.4 Å². The SMILES string of the molecule is CC(=O)N1CCN(C(=O)C2NNC3CCN(C(=O)C4CC5CCCCC5N4)CC32)C2(CC2)C1. The molecule has 6 fully saturated rings. The van der Waals surface area contributed by atoms with Crippen LogP contribution in [-0.2, 0) is 14.4 Å². The van der Waals surface area contributed by atoms with Crippen LogP contribution >= 0.6 is 0 Å². The topological polar surface area (TPSA) is 97.0 Å². The second kappa shape index (κ2) is 8.20. The normalized spacial score (nSPS) is 39.4. The molecule has 0 bridgehead atoms. The highest BCUT2D eigenvalue weighted by Gasteiger charge is 2.56. The molecular weight excluding hydrogens is 420 g/mol. The van der Waals surface area contributed by atoms with Crippen LogP contribution in [0.25, 0.3) is 0 Å². The minimum Gasteiger partial charge on any atom is -0.341 e. The molecule has 6 rings (SSSR count). The average molecular weight is 459 g/mol. The van der Waals surface area contributed by atoms with Crippen LogP contribution in [0.3, 0.4) is 0 Å². The molecular formula is C24H38N6O3. The largest absolute Gasteiger partial charge is 0.341 e. The van der Waals surface area contributed by atoms with Crippen LogP contribution in [0, 0.1) is 11.8 Å². The summed E-state index contributed by atoms with van der Waals surface area (Å²) < 4.78 is 0. The van der Waals surface area contributed by atoms with Gasteiger partial charge in [0.25, 0.3) is 0 Å². The van der Waals surface area contributed by atoms with Gasteiger partial charge in [0.15, 0.2) is 0 Å². The molecule has 6 atom stereocenters. The number of carbonyl (C=O) groups excluding carboxylic acids is 3. The fourth-order valence-corrected chi connectivity index (χ4v) is 7.31. The molecule has 0 aromatic carbocycles. The first kappa shape index (κ1) is 21.8. The highest BCUT2D eigenvalue weighted by atomic mass is 16.2. The smallest absolute Gasteiger partial charge is 0.242 e. The van der Waals surface area contributed by atoms with E-state index in [4.69, 9.17) is 0 Å². The van der Waals surface area contributed by atoms with Gasteiger partial charge in [-0.3, -0.25) is 19.8 Å². The van der Waals surface area contributed by atoms with Crippen molar-refractivity contribution >= 4 is 17.7 Å². The quantitative estimate of drug-likeness (QED) is 0.532. The third-order valence-corrected chi connectivity index (χ3v) is 9.44. The summed E-state index contributed by atoms with van der Waals surface area (Å²) in [7, 11) is 0. The van der Waals surface area contributed by atoms with Gasteiger partial charge in [0.2, 0.25) is 17.7 Å². The molecule has 4 aliphatic heterocycles. The molecule has 2 saturated carbocycles. The summed E-state index contributed by atoms with van der Waals surface area (Å²) in [6.45, 7) is 4.87. The van der Waals surface area contributed by atoms with Gasteiger partial charge in [-0.25, -0.2) is 5.43 Å². The summed E-state index contributed by atoms with van der Waals surface area (Å²) in [4.78, 5) is 44.9. The Bertz CT molecular complexity index is 817. The van der Waals surface area contributed by atoms with Gasteiger partial charge < -0.3 is 20.0 Å². The molecule has 6 aliphatic rings. The number of piperazine rings is 1. The van der Waals surface area contributed by atoms with E-state index in [2.05, 4.69) is 16.2 Å². The molecule has 4 heterocycles. The predicted molar refractivity (Wildman–Crippen MR) is 122 cm³/mol. The number of hydrogen-bond acceptors (Lipinski definition) is 6. The standard InChI is InChI=1S/C24H38N6O3/c1-15(31)29-10-11-30(24(14-29)7-8-24)23(33)21-17-13-28(9-6-19(17)26-27-21)22(32)20-12-16-4-2-3-5-18(16)25-20/h16-21,25-27H,2-14H2,1H3. The lowest BCUT2D eigenvalue weighted by Crippen LogP contribution is -2.62. The van der Waals surface area contributed by atoms with Gasteiger partial charge in [-0.2, -0.15) is 0 Å².